The molecule has 0 aliphatic carbocycles. The van der Waals surface area contributed by atoms with E-state index >= 15 is 0 Å². The highest BCUT2D eigenvalue weighted by molar-refractivity contribution is 6.18. The van der Waals surface area contributed by atoms with Crippen molar-refractivity contribution in [1.29, 1.82) is 0 Å². The first-order chi connectivity index (χ1) is 25.3. The van der Waals surface area contributed by atoms with Crippen LogP contribution in [-0.4, -0.2) is 26.2 Å². The van der Waals surface area contributed by atoms with Crippen LogP contribution in [0.5, 0.6) is 0 Å². The first-order valence-electron chi connectivity index (χ1n) is 17.1. The van der Waals surface area contributed by atoms with E-state index in [0.717, 1.165) is 83.7 Å². The molecule has 0 bridgehead atoms. The minimum atomic E-state index is -0.406. The lowest BCUT2D eigenvalue weighted by Gasteiger charge is -2.22. The molecule has 0 amide bonds. The Hall–Kier alpha value is -6.92. The molecule has 51 heavy (non-hydrogen) atoms. The highest BCUT2D eigenvalue weighted by atomic mass is 15.2. The maximum atomic E-state index is 5.17. The van der Waals surface area contributed by atoms with E-state index in [4.69, 9.17) is 20.0 Å². The van der Waals surface area contributed by atoms with E-state index < -0.39 is 6.17 Å². The summed E-state index contributed by atoms with van der Waals surface area (Å²) >= 11 is 0. The summed E-state index contributed by atoms with van der Waals surface area (Å²) in [5.41, 5.74) is 12.0. The molecule has 2 aromatic heterocycles. The summed E-state index contributed by atoms with van der Waals surface area (Å²) < 4.78 is 2.34. The van der Waals surface area contributed by atoms with Gasteiger partial charge in [0.1, 0.15) is 17.2 Å². The first kappa shape index (κ1) is 29.0. The smallest absolute Gasteiger partial charge is 0.169 e. The Morgan fingerprint density at radius 1 is 0.451 bits per heavy atom. The van der Waals surface area contributed by atoms with Gasteiger partial charge >= 0.3 is 0 Å². The van der Waals surface area contributed by atoms with E-state index in [1.807, 2.05) is 60.7 Å². The van der Waals surface area contributed by atoms with Gasteiger partial charge in [-0.3, -0.25) is 0 Å². The van der Waals surface area contributed by atoms with Crippen molar-refractivity contribution >= 4 is 55.5 Å². The molecule has 0 unspecified atom stereocenters. The number of hydrogen-bond acceptors (Lipinski definition) is 5. The molecule has 1 aliphatic heterocycles. The quantitative estimate of drug-likeness (QED) is 0.188. The molecule has 1 N–H and O–H groups in total. The number of nitrogens with one attached hydrogen (secondary N) is 1. The lowest BCUT2D eigenvalue weighted by molar-refractivity contribution is 0.756. The fraction of sp³-hybridized carbons (Fsp3) is 0.0222. The van der Waals surface area contributed by atoms with E-state index in [1.54, 1.807) is 0 Å². The van der Waals surface area contributed by atoms with Gasteiger partial charge < -0.3 is 9.88 Å². The minimum absolute atomic E-state index is 0.406. The van der Waals surface area contributed by atoms with Crippen molar-refractivity contribution in [1.82, 2.24) is 19.9 Å². The number of fused-ring (bicyclic) bond motifs is 6. The Morgan fingerprint density at radius 2 is 1.06 bits per heavy atom. The number of rotatable bonds is 5. The van der Waals surface area contributed by atoms with Crippen molar-refractivity contribution in [3.63, 3.8) is 0 Å². The van der Waals surface area contributed by atoms with Gasteiger partial charge in [-0.2, -0.15) is 0 Å². The monoisotopic (exact) mass is 654 g/mol. The summed E-state index contributed by atoms with van der Waals surface area (Å²) in [5.74, 6) is 1.60. The normalized spacial score (nSPS) is 13.4. The zero-order valence-electron chi connectivity index (χ0n) is 27.5. The van der Waals surface area contributed by atoms with Gasteiger partial charge in [-0.15, -0.1) is 0 Å². The van der Waals surface area contributed by atoms with Crippen LogP contribution in [-0.2, 0) is 0 Å². The Bertz CT molecular complexity index is 2780. The number of aromatic nitrogens is 3. The molecule has 9 aromatic rings. The molecule has 6 heteroatoms. The number of para-hydroxylation sites is 3. The summed E-state index contributed by atoms with van der Waals surface area (Å²) in [6.07, 6.45) is -0.406. The van der Waals surface area contributed by atoms with Crippen LogP contribution in [0.2, 0.25) is 0 Å². The van der Waals surface area contributed by atoms with Crippen molar-refractivity contribution < 1.29 is 0 Å². The van der Waals surface area contributed by atoms with Crippen LogP contribution in [0.15, 0.2) is 180 Å². The molecule has 3 heterocycles. The molecule has 0 fully saturated rings. The van der Waals surface area contributed by atoms with Crippen LogP contribution >= 0.6 is 0 Å². The summed E-state index contributed by atoms with van der Waals surface area (Å²) in [5, 5.41) is 5.83. The average Bonchev–Trinajstić information content (AvgIpc) is 3.56. The molecule has 0 saturated carbocycles. The fourth-order valence-corrected chi connectivity index (χ4v) is 7.19. The summed E-state index contributed by atoms with van der Waals surface area (Å²) in [4.78, 5) is 20.4. The summed E-state index contributed by atoms with van der Waals surface area (Å²) in [7, 11) is 0. The molecule has 1 aliphatic rings. The van der Waals surface area contributed by atoms with Gasteiger partial charge in [0.25, 0.3) is 0 Å². The minimum Gasteiger partial charge on any atom is -0.324 e. The van der Waals surface area contributed by atoms with Crippen molar-refractivity contribution in [3.05, 3.63) is 187 Å². The molecule has 0 atom stereocenters. The molecule has 0 saturated heterocycles. The van der Waals surface area contributed by atoms with Gasteiger partial charge in [0.15, 0.2) is 6.17 Å². The number of aliphatic imine (C=N–C) groups is 2. The average molecular weight is 655 g/mol. The zero-order chi connectivity index (χ0) is 33.7. The van der Waals surface area contributed by atoms with Crippen molar-refractivity contribution in [2.45, 2.75) is 6.17 Å². The highest BCUT2D eigenvalue weighted by Crippen LogP contribution is 2.37. The van der Waals surface area contributed by atoms with Gasteiger partial charge in [-0.05, 0) is 65.2 Å². The molecule has 10 rings (SSSR count). The SMILES string of the molecule is c1ccc(C2=NC(c3cccc(-c4cccc(-n5c6ccccc6c6ccc7nc8ccccc8nc7c65)c4)c3)N=C(c3ccccc3)N2)cc1. The van der Waals surface area contributed by atoms with Gasteiger partial charge in [0.2, 0.25) is 0 Å². The third kappa shape index (κ3) is 5.04. The molecule has 240 valence electrons. The Kier molecular flexibility index (Phi) is 6.77. The van der Waals surface area contributed by atoms with Crippen LogP contribution in [0, 0.1) is 0 Å². The lowest BCUT2D eigenvalue weighted by atomic mass is 10.0. The number of hydrogen-bond donors (Lipinski definition) is 1. The predicted molar refractivity (Wildman–Crippen MR) is 209 cm³/mol. The Balaban J connectivity index is 1.11. The summed E-state index contributed by atoms with van der Waals surface area (Å²) in [6.45, 7) is 0. The Morgan fingerprint density at radius 3 is 1.80 bits per heavy atom. The highest BCUT2D eigenvalue weighted by Gasteiger charge is 2.21. The second-order valence-corrected chi connectivity index (χ2v) is 12.8. The van der Waals surface area contributed by atoms with Crippen molar-refractivity contribution in [2.75, 3.05) is 0 Å². The van der Waals surface area contributed by atoms with Gasteiger partial charge in [0, 0.05) is 27.6 Å². The molecule has 7 aromatic carbocycles. The number of amidine groups is 2. The van der Waals surface area contributed by atoms with E-state index in [1.165, 1.54) is 5.39 Å². The summed E-state index contributed by atoms with van der Waals surface area (Å²) in [6, 6.07) is 58.7. The second kappa shape index (κ2) is 11.9. The third-order valence-electron chi connectivity index (χ3n) is 9.60. The number of nitrogens with zero attached hydrogens (tertiary/aromatic N) is 5. The van der Waals surface area contributed by atoms with Gasteiger partial charge in [0.05, 0.1) is 27.6 Å². The largest absolute Gasteiger partial charge is 0.324 e. The molecular weight excluding hydrogens is 625 g/mol. The lowest BCUT2D eigenvalue weighted by Crippen LogP contribution is -2.35. The predicted octanol–water partition coefficient (Wildman–Crippen LogP) is 10.0. The van der Waals surface area contributed by atoms with Gasteiger partial charge in [-0.25, -0.2) is 20.0 Å². The molecule has 0 radical (unpaired) electrons. The topological polar surface area (TPSA) is 67.5 Å². The molecular formula is C45H30N6. The zero-order valence-corrected chi connectivity index (χ0v) is 27.5. The van der Waals surface area contributed by atoms with Crippen LogP contribution in [0.1, 0.15) is 22.9 Å². The standard InChI is InChI=1S/C45H30N6/c1-3-13-29(14-4-1)43-48-44(30-15-5-2-6-16-30)50-45(49-43)33-19-11-17-31(27-33)32-18-12-20-34(28-32)51-40-24-10-7-21-35(40)36-25-26-39-41(42(36)51)47-38-23-9-8-22-37(38)46-39/h1-28,45H,(H,48,49,50). The van der Waals surface area contributed by atoms with E-state index in [-0.39, 0.29) is 0 Å². The van der Waals surface area contributed by atoms with E-state index in [2.05, 4.69) is 119 Å². The van der Waals surface area contributed by atoms with Gasteiger partial charge in [-0.1, -0.05) is 121 Å². The van der Waals surface area contributed by atoms with Crippen molar-refractivity contribution in [2.24, 2.45) is 9.98 Å². The maximum absolute atomic E-state index is 5.17. The van der Waals surface area contributed by atoms with Crippen LogP contribution in [0.3, 0.4) is 0 Å². The van der Waals surface area contributed by atoms with Crippen molar-refractivity contribution in [3.8, 4) is 16.8 Å². The molecule has 6 nitrogen and oxygen atoms in total. The third-order valence-corrected chi connectivity index (χ3v) is 9.60. The van der Waals surface area contributed by atoms with Crippen LogP contribution in [0.25, 0.3) is 60.7 Å². The first-order valence-corrected chi connectivity index (χ1v) is 17.1. The second-order valence-electron chi connectivity index (χ2n) is 12.8. The maximum Gasteiger partial charge on any atom is 0.169 e. The fourth-order valence-electron chi connectivity index (χ4n) is 7.19. The number of benzene rings is 7. The molecule has 0 spiro atoms. The van der Waals surface area contributed by atoms with Crippen LogP contribution in [0.4, 0.5) is 0 Å². The van der Waals surface area contributed by atoms with E-state index in [9.17, 15) is 0 Å². The van der Waals surface area contributed by atoms with E-state index in [0.29, 0.717) is 0 Å². The Labute approximate surface area is 294 Å². The van der Waals surface area contributed by atoms with Crippen LogP contribution < -0.4 is 5.32 Å².